The molecule has 3 aromatic rings. The molecule has 1 N–H and O–H groups in total. The molecule has 1 aromatic carbocycles. The van der Waals surface area contributed by atoms with E-state index in [0.717, 1.165) is 16.5 Å². The maximum atomic E-state index is 11.9. The fraction of sp³-hybridized carbons (Fsp3) is 0.0588. The topological polar surface area (TPSA) is 76.3 Å². The smallest absolute Gasteiger partial charge is 0.271 e. The quantitative estimate of drug-likeness (QED) is 0.596. The normalized spacial score (nSPS) is 11.0. The SMILES string of the molecule is CC(=O)n1cc(/C=N\NC(=O)c2ccncc2)c2ccccc21. The number of fused-ring (bicyclic) bond motifs is 1. The Morgan fingerprint density at radius 2 is 1.91 bits per heavy atom. The van der Waals surface area contributed by atoms with Crippen molar-refractivity contribution in [3.63, 3.8) is 0 Å². The second-order valence-corrected chi connectivity index (χ2v) is 4.93. The van der Waals surface area contributed by atoms with Gasteiger partial charge in [-0.1, -0.05) is 18.2 Å². The van der Waals surface area contributed by atoms with Crippen LogP contribution in [0.15, 0.2) is 60.1 Å². The number of nitrogens with one attached hydrogen (secondary N) is 1. The molecule has 0 unspecified atom stereocenters. The number of aromatic nitrogens is 2. The standard InChI is InChI=1S/C17H14N4O2/c1-12(22)21-11-14(15-4-2-3-5-16(15)21)10-19-20-17(23)13-6-8-18-9-7-13/h2-11H,1H3,(H,20,23)/b19-10-. The zero-order valence-corrected chi connectivity index (χ0v) is 12.4. The van der Waals surface area contributed by atoms with Crippen molar-refractivity contribution in [3.05, 3.63) is 66.1 Å². The van der Waals surface area contributed by atoms with Crippen molar-refractivity contribution in [1.82, 2.24) is 15.0 Å². The molecule has 0 atom stereocenters. The van der Waals surface area contributed by atoms with Gasteiger partial charge in [-0.3, -0.25) is 19.1 Å². The van der Waals surface area contributed by atoms with Crippen molar-refractivity contribution in [1.29, 1.82) is 0 Å². The molecule has 0 saturated heterocycles. The van der Waals surface area contributed by atoms with E-state index in [2.05, 4.69) is 15.5 Å². The molecule has 6 nitrogen and oxygen atoms in total. The zero-order chi connectivity index (χ0) is 16.2. The minimum absolute atomic E-state index is 0.0818. The van der Waals surface area contributed by atoms with Gasteiger partial charge < -0.3 is 0 Å². The van der Waals surface area contributed by atoms with Gasteiger partial charge in [0, 0.05) is 42.0 Å². The molecule has 2 heterocycles. The number of amides is 1. The van der Waals surface area contributed by atoms with Gasteiger partial charge in [-0.25, -0.2) is 5.43 Å². The number of carbonyl (C=O) groups is 2. The predicted molar refractivity (Wildman–Crippen MR) is 87.5 cm³/mol. The molecule has 0 aliphatic heterocycles. The average molecular weight is 306 g/mol. The Bertz CT molecular complexity index is 897. The number of hydrazone groups is 1. The van der Waals surface area contributed by atoms with Gasteiger partial charge in [0.2, 0.25) is 5.91 Å². The van der Waals surface area contributed by atoms with Crippen LogP contribution in [0.5, 0.6) is 0 Å². The van der Waals surface area contributed by atoms with Gasteiger partial charge in [0.05, 0.1) is 11.7 Å². The summed E-state index contributed by atoms with van der Waals surface area (Å²) in [6.07, 6.45) is 6.31. The first-order valence-corrected chi connectivity index (χ1v) is 7.01. The molecule has 1 amide bonds. The van der Waals surface area contributed by atoms with E-state index in [1.807, 2.05) is 24.3 Å². The monoisotopic (exact) mass is 306 g/mol. The first-order chi connectivity index (χ1) is 11.2. The number of pyridine rings is 1. The number of nitrogens with zero attached hydrogens (tertiary/aromatic N) is 3. The van der Waals surface area contributed by atoms with Crippen molar-refractivity contribution in [2.24, 2.45) is 5.10 Å². The van der Waals surface area contributed by atoms with E-state index in [-0.39, 0.29) is 11.8 Å². The highest BCUT2D eigenvalue weighted by molar-refractivity contribution is 6.03. The van der Waals surface area contributed by atoms with Crippen LogP contribution in [0.25, 0.3) is 10.9 Å². The molecule has 114 valence electrons. The van der Waals surface area contributed by atoms with E-state index >= 15 is 0 Å². The highest BCUT2D eigenvalue weighted by Crippen LogP contribution is 2.19. The van der Waals surface area contributed by atoms with Crippen molar-refractivity contribution in [2.45, 2.75) is 6.92 Å². The summed E-state index contributed by atoms with van der Waals surface area (Å²) in [5, 5.41) is 4.86. The Morgan fingerprint density at radius 1 is 1.17 bits per heavy atom. The lowest BCUT2D eigenvalue weighted by Gasteiger charge is -1.98. The fourth-order valence-corrected chi connectivity index (χ4v) is 2.30. The van der Waals surface area contributed by atoms with E-state index in [0.29, 0.717) is 5.56 Å². The molecule has 6 heteroatoms. The van der Waals surface area contributed by atoms with Crippen LogP contribution in [0.1, 0.15) is 27.6 Å². The lowest BCUT2D eigenvalue weighted by atomic mass is 10.2. The maximum Gasteiger partial charge on any atom is 0.271 e. The minimum Gasteiger partial charge on any atom is -0.287 e. The van der Waals surface area contributed by atoms with Gasteiger partial charge in [-0.15, -0.1) is 0 Å². The molecule has 0 bridgehead atoms. The van der Waals surface area contributed by atoms with Crippen LogP contribution in [-0.2, 0) is 0 Å². The number of hydrogen-bond donors (Lipinski definition) is 1. The molecule has 0 spiro atoms. The van der Waals surface area contributed by atoms with Crippen LogP contribution < -0.4 is 5.43 Å². The third-order valence-electron chi connectivity index (χ3n) is 3.39. The van der Waals surface area contributed by atoms with Crippen molar-refractivity contribution in [3.8, 4) is 0 Å². The summed E-state index contributed by atoms with van der Waals surface area (Å²) in [5.74, 6) is -0.402. The van der Waals surface area contributed by atoms with Gasteiger partial charge in [0.25, 0.3) is 5.91 Å². The third-order valence-corrected chi connectivity index (χ3v) is 3.39. The first-order valence-electron chi connectivity index (χ1n) is 7.01. The number of hydrogen-bond acceptors (Lipinski definition) is 4. The lowest BCUT2D eigenvalue weighted by molar-refractivity contribution is 0.0937. The second kappa shape index (κ2) is 6.23. The Hall–Kier alpha value is -3.28. The highest BCUT2D eigenvalue weighted by Gasteiger charge is 2.09. The summed E-state index contributed by atoms with van der Waals surface area (Å²) in [5.41, 5.74) is 4.50. The van der Waals surface area contributed by atoms with Crippen LogP contribution in [0.4, 0.5) is 0 Å². The van der Waals surface area contributed by atoms with Gasteiger partial charge >= 0.3 is 0 Å². The summed E-state index contributed by atoms with van der Waals surface area (Å²) in [4.78, 5) is 27.4. The Balaban J connectivity index is 1.84. The van der Waals surface area contributed by atoms with Gasteiger partial charge in [0.1, 0.15) is 0 Å². The summed E-state index contributed by atoms with van der Waals surface area (Å²) in [6, 6.07) is 10.7. The van der Waals surface area contributed by atoms with Crippen molar-refractivity contribution < 1.29 is 9.59 Å². The van der Waals surface area contributed by atoms with E-state index in [1.54, 1.807) is 35.3 Å². The molecule has 3 rings (SSSR count). The van der Waals surface area contributed by atoms with Crippen LogP contribution in [-0.4, -0.2) is 27.6 Å². The summed E-state index contributed by atoms with van der Waals surface area (Å²) in [6.45, 7) is 1.50. The van der Waals surface area contributed by atoms with Crippen molar-refractivity contribution in [2.75, 3.05) is 0 Å². The van der Waals surface area contributed by atoms with E-state index in [1.165, 1.54) is 13.1 Å². The molecule has 23 heavy (non-hydrogen) atoms. The fourth-order valence-electron chi connectivity index (χ4n) is 2.30. The highest BCUT2D eigenvalue weighted by atomic mass is 16.2. The van der Waals surface area contributed by atoms with Gasteiger partial charge in [-0.2, -0.15) is 5.10 Å². The maximum absolute atomic E-state index is 11.9. The largest absolute Gasteiger partial charge is 0.287 e. The predicted octanol–water partition coefficient (Wildman–Crippen LogP) is 2.46. The molecule has 0 aliphatic rings. The second-order valence-electron chi connectivity index (χ2n) is 4.93. The van der Waals surface area contributed by atoms with Crippen LogP contribution in [0, 0.1) is 0 Å². The Labute approximate surface area is 132 Å². The van der Waals surface area contributed by atoms with E-state index in [4.69, 9.17) is 0 Å². The summed E-state index contributed by atoms with van der Waals surface area (Å²) >= 11 is 0. The number of rotatable bonds is 3. The summed E-state index contributed by atoms with van der Waals surface area (Å²) in [7, 11) is 0. The lowest BCUT2D eigenvalue weighted by Crippen LogP contribution is -2.17. The van der Waals surface area contributed by atoms with Crippen LogP contribution in [0.3, 0.4) is 0 Å². The summed E-state index contributed by atoms with van der Waals surface area (Å²) < 4.78 is 1.56. The van der Waals surface area contributed by atoms with Gasteiger partial charge in [0.15, 0.2) is 0 Å². The first kappa shape index (κ1) is 14.6. The van der Waals surface area contributed by atoms with Gasteiger partial charge in [-0.05, 0) is 18.2 Å². The number of benzene rings is 1. The molecule has 2 aromatic heterocycles. The molecule has 0 radical (unpaired) electrons. The number of carbonyl (C=O) groups excluding carboxylic acids is 2. The number of para-hydroxylation sites is 1. The van der Waals surface area contributed by atoms with E-state index in [9.17, 15) is 9.59 Å². The van der Waals surface area contributed by atoms with Crippen molar-refractivity contribution >= 4 is 28.9 Å². The molecule has 0 aliphatic carbocycles. The Kier molecular flexibility index (Phi) is 3.97. The average Bonchev–Trinajstić information content (AvgIpc) is 2.95. The van der Waals surface area contributed by atoms with Crippen LogP contribution in [0.2, 0.25) is 0 Å². The molecular weight excluding hydrogens is 292 g/mol. The van der Waals surface area contributed by atoms with E-state index < -0.39 is 0 Å². The molecule has 0 saturated carbocycles. The molecular formula is C17H14N4O2. The minimum atomic E-state index is -0.320. The molecule has 0 fully saturated rings. The third kappa shape index (κ3) is 3.01. The zero-order valence-electron chi connectivity index (χ0n) is 12.4. The van der Waals surface area contributed by atoms with Crippen LogP contribution >= 0.6 is 0 Å². The Morgan fingerprint density at radius 3 is 2.65 bits per heavy atom.